The maximum atomic E-state index is 13.4. The number of thiocarbonyl (C=S) groups is 1. The van der Waals surface area contributed by atoms with Gasteiger partial charge < -0.3 is 0 Å². The van der Waals surface area contributed by atoms with Crippen molar-refractivity contribution in [2.24, 2.45) is 0 Å². The van der Waals surface area contributed by atoms with E-state index in [-0.39, 0.29) is 11.8 Å². The second kappa shape index (κ2) is 10.9. The summed E-state index contributed by atoms with van der Waals surface area (Å²) in [5, 5.41) is 0. The van der Waals surface area contributed by atoms with Crippen LogP contribution in [-0.4, -0.2) is 27.6 Å². The number of nitrogens with zero attached hydrogens (tertiary/aromatic N) is 2. The molecule has 36 heavy (non-hydrogen) atoms. The van der Waals surface area contributed by atoms with Crippen molar-refractivity contribution in [3.05, 3.63) is 101 Å². The molecule has 4 nitrogen and oxygen atoms in total. The monoisotopic (exact) mass is 528 g/mol. The summed E-state index contributed by atoms with van der Waals surface area (Å²) in [4.78, 5) is 32.6. The molecule has 180 valence electrons. The first kappa shape index (κ1) is 24.6. The summed E-state index contributed by atoms with van der Waals surface area (Å²) in [6.45, 7) is 2.39. The van der Waals surface area contributed by atoms with Gasteiger partial charge in [-0.05, 0) is 54.8 Å². The van der Waals surface area contributed by atoms with Gasteiger partial charge in [-0.1, -0.05) is 96.4 Å². The fraction of sp³-hybridized carbons (Fsp3) is 0.138. The Balaban J connectivity index is 1.25. The number of anilines is 2. The van der Waals surface area contributed by atoms with E-state index in [1.165, 1.54) is 11.8 Å². The van der Waals surface area contributed by atoms with Gasteiger partial charge in [0, 0.05) is 22.8 Å². The first-order valence-corrected chi connectivity index (χ1v) is 13.7. The fourth-order valence-electron chi connectivity index (χ4n) is 4.23. The van der Waals surface area contributed by atoms with Crippen LogP contribution in [0, 0.1) is 0 Å². The minimum Gasteiger partial charge on any atom is -0.293 e. The van der Waals surface area contributed by atoms with Crippen LogP contribution in [0.4, 0.5) is 11.4 Å². The summed E-state index contributed by atoms with van der Waals surface area (Å²) in [6, 6.07) is 25.9. The van der Waals surface area contributed by atoms with Gasteiger partial charge in [0.15, 0.2) is 0 Å². The molecule has 0 unspecified atom stereocenters. The van der Waals surface area contributed by atoms with Gasteiger partial charge >= 0.3 is 0 Å². The summed E-state index contributed by atoms with van der Waals surface area (Å²) in [6.07, 6.45) is 4.77. The highest BCUT2D eigenvalue weighted by Crippen LogP contribution is 2.48. The highest BCUT2D eigenvalue weighted by Gasteiger charge is 2.32. The molecule has 2 amide bonds. The maximum absolute atomic E-state index is 13.4. The Morgan fingerprint density at radius 1 is 0.889 bits per heavy atom. The second-order valence-electron chi connectivity index (χ2n) is 8.50. The van der Waals surface area contributed by atoms with Crippen LogP contribution in [0.1, 0.15) is 25.3 Å². The summed E-state index contributed by atoms with van der Waals surface area (Å²) in [5.74, 6) is -0.0823. The Morgan fingerprint density at radius 2 is 1.50 bits per heavy atom. The normalized spacial score (nSPS) is 16.4. The molecule has 2 heterocycles. The van der Waals surface area contributed by atoms with Crippen LogP contribution in [0.5, 0.6) is 0 Å². The molecular formula is C29H24N2O2S3. The molecule has 3 aromatic rings. The standard InChI is InChI=1S/C29H24N2O2S3/c1-20(18-21-10-3-2-4-11-21)19-26-28(33)30(29(34)36-26)17-9-16-27(32)31-22-12-5-7-14-24(22)35-25-15-8-6-13-23(25)31/h2-8,10-15,18-19H,9,16-17H2,1H3. The SMILES string of the molecule is CC(=Cc1ccccc1)C=C1SC(=S)N(CCCC(=O)N2c3ccccc3Sc3ccccc32)C1=O. The average Bonchev–Trinajstić information content (AvgIpc) is 3.14. The molecular weight excluding hydrogens is 505 g/mol. The number of hydrogen-bond donors (Lipinski definition) is 0. The number of carbonyl (C=O) groups excluding carboxylic acids is 2. The van der Waals surface area contributed by atoms with Crippen LogP contribution >= 0.6 is 35.7 Å². The lowest BCUT2D eigenvalue weighted by Gasteiger charge is -2.31. The van der Waals surface area contributed by atoms with E-state index in [4.69, 9.17) is 12.2 Å². The number of benzene rings is 3. The lowest BCUT2D eigenvalue weighted by atomic mass is 10.1. The van der Waals surface area contributed by atoms with Gasteiger partial charge in [-0.25, -0.2) is 0 Å². The zero-order chi connectivity index (χ0) is 25.1. The van der Waals surface area contributed by atoms with E-state index in [0.29, 0.717) is 28.6 Å². The molecule has 3 aromatic carbocycles. The fourth-order valence-corrected chi connectivity index (χ4v) is 6.64. The van der Waals surface area contributed by atoms with E-state index in [2.05, 4.69) is 0 Å². The summed E-state index contributed by atoms with van der Waals surface area (Å²) >= 11 is 8.49. The highest BCUT2D eigenvalue weighted by atomic mass is 32.2. The molecule has 7 heteroatoms. The molecule has 1 fully saturated rings. The first-order chi connectivity index (χ1) is 17.5. The molecule has 0 atom stereocenters. The maximum Gasteiger partial charge on any atom is 0.266 e. The van der Waals surface area contributed by atoms with Gasteiger partial charge in [0.25, 0.3) is 5.91 Å². The third-order valence-electron chi connectivity index (χ3n) is 5.88. The van der Waals surface area contributed by atoms with E-state index >= 15 is 0 Å². The van der Waals surface area contributed by atoms with Crippen LogP contribution in [0.3, 0.4) is 0 Å². The zero-order valence-corrected chi connectivity index (χ0v) is 22.2. The number of fused-ring (bicyclic) bond motifs is 2. The Kier molecular flexibility index (Phi) is 7.41. The van der Waals surface area contributed by atoms with Crippen molar-refractivity contribution >= 4 is 69.3 Å². The zero-order valence-electron chi connectivity index (χ0n) is 19.7. The molecule has 1 saturated heterocycles. The number of amides is 2. The molecule has 0 N–H and O–H groups in total. The van der Waals surface area contributed by atoms with Gasteiger partial charge in [-0.3, -0.25) is 19.4 Å². The lowest BCUT2D eigenvalue weighted by Crippen LogP contribution is -2.32. The van der Waals surface area contributed by atoms with Crippen molar-refractivity contribution in [2.45, 2.75) is 29.6 Å². The minimum absolute atomic E-state index is 0.0119. The second-order valence-corrected chi connectivity index (χ2v) is 11.3. The Morgan fingerprint density at radius 3 is 2.17 bits per heavy atom. The van der Waals surface area contributed by atoms with Gasteiger partial charge in [-0.2, -0.15) is 0 Å². The van der Waals surface area contributed by atoms with Crippen molar-refractivity contribution < 1.29 is 9.59 Å². The third kappa shape index (κ3) is 5.19. The molecule has 2 aliphatic rings. The van der Waals surface area contributed by atoms with Gasteiger partial charge in [-0.15, -0.1) is 0 Å². The molecule has 5 rings (SSSR count). The minimum atomic E-state index is -0.0941. The van der Waals surface area contributed by atoms with Crippen LogP contribution < -0.4 is 4.90 Å². The van der Waals surface area contributed by atoms with Crippen LogP contribution in [0.15, 0.2) is 105 Å². The van der Waals surface area contributed by atoms with Gasteiger partial charge in [0.1, 0.15) is 4.32 Å². The van der Waals surface area contributed by atoms with Crippen LogP contribution in [-0.2, 0) is 9.59 Å². The van der Waals surface area contributed by atoms with Crippen LogP contribution in [0.25, 0.3) is 6.08 Å². The van der Waals surface area contributed by atoms with Crippen LogP contribution in [0.2, 0.25) is 0 Å². The summed E-state index contributed by atoms with van der Waals surface area (Å²) in [7, 11) is 0. The lowest BCUT2D eigenvalue weighted by molar-refractivity contribution is -0.123. The van der Waals surface area contributed by atoms with Crippen molar-refractivity contribution in [1.29, 1.82) is 0 Å². The van der Waals surface area contributed by atoms with Crippen molar-refractivity contribution in [1.82, 2.24) is 4.90 Å². The Hall–Kier alpha value is -3.13. The van der Waals surface area contributed by atoms with E-state index in [0.717, 1.165) is 32.3 Å². The molecule has 0 aromatic heterocycles. The summed E-state index contributed by atoms with van der Waals surface area (Å²) in [5.41, 5.74) is 3.87. The Labute approximate surface area is 225 Å². The van der Waals surface area contributed by atoms with Gasteiger partial charge in [0.2, 0.25) is 5.91 Å². The topological polar surface area (TPSA) is 40.6 Å². The Bertz CT molecular complexity index is 1350. The number of para-hydroxylation sites is 2. The first-order valence-electron chi connectivity index (χ1n) is 11.7. The highest BCUT2D eigenvalue weighted by molar-refractivity contribution is 8.26. The molecule has 0 saturated carbocycles. The van der Waals surface area contributed by atoms with E-state index in [9.17, 15) is 9.59 Å². The molecule has 0 aliphatic carbocycles. The quantitative estimate of drug-likeness (QED) is 0.246. The molecule has 0 radical (unpaired) electrons. The van der Waals surface area contributed by atoms with Crippen molar-refractivity contribution in [3.8, 4) is 0 Å². The number of rotatable bonds is 6. The average molecular weight is 529 g/mol. The number of hydrogen-bond acceptors (Lipinski definition) is 5. The van der Waals surface area contributed by atoms with Crippen molar-refractivity contribution in [3.63, 3.8) is 0 Å². The predicted molar refractivity (Wildman–Crippen MR) is 153 cm³/mol. The number of carbonyl (C=O) groups is 2. The smallest absolute Gasteiger partial charge is 0.266 e. The number of thioether (sulfide) groups is 1. The van der Waals surface area contributed by atoms with E-state index < -0.39 is 0 Å². The van der Waals surface area contributed by atoms with Crippen molar-refractivity contribution in [2.75, 3.05) is 11.4 Å². The third-order valence-corrected chi connectivity index (χ3v) is 8.39. The molecule has 0 spiro atoms. The van der Waals surface area contributed by atoms with E-state index in [1.807, 2.05) is 103 Å². The molecule has 0 bridgehead atoms. The largest absolute Gasteiger partial charge is 0.293 e. The van der Waals surface area contributed by atoms with E-state index in [1.54, 1.807) is 16.7 Å². The predicted octanol–water partition coefficient (Wildman–Crippen LogP) is 7.44. The number of allylic oxidation sites excluding steroid dienone is 2. The molecule has 2 aliphatic heterocycles. The summed E-state index contributed by atoms with van der Waals surface area (Å²) < 4.78 is 0.538. The van der Waals surface area contributed by atoms with Gasteiger partial charge in [0.05, 0.1) is 16.3 Å².